The van der Waals surface area contributed by atoms with E-state index in [1.807, 2.05) is 13.0 Å². The van der Waals surface area contributed by atoms with Gasteiger partial charge in [-0.1, -0.05) is 18.2 Å². The van der Waals surface area contributed by atoms with Gasteiger partial charge in [-0.15, -0.1) is 0 Å². The van der Waals surface area contributed by atoms with Crippen molar-refractivity contribution >= 4 is 0 Å². The van der Waals surface area contributed by atoms with Gasteiger partial charge in [0.15, 0.2) is 0 Å². The largest absolute Gasteiger partial charge is 0.461 e. The average Bonchev–Trinajstić information content (AvgIpc) is 2.49. The zero-order chi connectivity index (χ0) is 8.55. The van der Waals surface area contributed by atoms with Crippen molar-refractivity contribution in [2.24, 2.45) is 0 Å². The van der Waals surface area contributed by atoms with Gasteiger partial charge < -0.3 is 4.74 Å². The van der Waals surface area contributed by atoms with E-state index in [1.54, 1.807) is 0 Å². The lowest BCUT2D eigenvalue weighted by Gasteiger charge is -2.01. The molecule has 1 aromatic carbocycles. The molecular weight excluding hydrogens is 148 g/mol. The summed E-state index contributed by atoms with van der Waals surface area (Å²) in [7, 11) is 0. The Morgan fingerprint density at radius 1 is 1.42 bits per heavy atom. The van der Waals surface area contributed by atoms with Crippen LogP contribution < -0.4 is 4.74 Å². The first-order valence-corrected chi connectivity index (χ1v) is 4.23. The molecule has 0 atom stereocenters. The van der Waals surface area contributed by atoms with Crippen LogP contribution in [0.2, 0.25) is 0 Å². The maximum Gasteiger partial charge on any atom is 0.133 e. The molecule has 1 aliphatic rings. The standard InChI is InChI=1S/C11H12O/c1-3-10-7-9-6-4-5-8(2)11(9)12-10/h3-6H,7H2,1-2H3/b10-3-. The molecule has 0 amide bonds. The fraction of sp³-hybridized carbons (Fsp3) is 0.273. The van der Waals surface area contributed by atoms with Crippen LogP contribution in [0.3, 0.4) is 0 Å². The van der Waals surface area contributed by atoms with E-state index >= 15 is 0 Å². The summed E-state index contributed by atoms with van der Waals surface area (Å²) in [5.74, 6) is 2.13. The molecular formula is C11H12O. The first-order valence-electron chi connectivity index (χ1n) is 4.23. The number of rotatable bonds is 0. The summed E-state index contributed by atoms with van der Waals surface area (Å²) >= 11 is 0. The highest BCUT2D eigenvalue weighted by Crippen LogP contribution is 2.33. The van der Waals surface area contributed by atoms with E-state index in [-0.39, 0.29) is 0 Å². The Labute approximate surface area is 72.7 Å². The Morgan fingerprint density at radius 2 is 2.25 bits per heavy atom. The highest BCUT2D eigenvalue weighted by atomic mass is 16.5. The Balaban J connectivity index is 2.48. The molecule has 2 rings (SSSR count). The summed E-state index contributed by atoms with van der Waals surface area (Å²) in [6.45, 7) is 4.09. The molecule has 1 nitrogen and oxygen atoms in total. The summed E-state index contributed by atoms with van der Waals surface area (Å²) in [6, 6.07) is 6.28. The highest BCUT2D eigenvalue weighted by Gasteiger charge is 2.17. The summed E-state index contributed by atoms with van der Waals surface area (Å²) in [4.78, 5) is 0. The molecule has 0 saturated carbocycles. The second-order valence-electron chi connectivity index (χ2n) is 3.10. The molecule has 0 spiro atoms. The van der Waals surface area contributed by atoms with Crippen molar-refractivity contribution in [1.82, 2.24) is 0 Å². The summed E-state index contributed by atoms with van der Waals surface area (Å²) in [6.07, 6.45) is 2.98. The van der Waals surface area contributed by atoms with Crippen LogP contribution in [0, 0.1) is 6.92 Å². The molecule has 0 N–H and O–H groups in total. The third-order valence-corrected chi connectivity index (χ3v) is 2.21. The molecule has 1 aromatic rings. The van der Waals surface area contributed by atoms with Gasteiger partial charge in [-0.3, -0.25) is 0 Å². The summed E-state index contributed by atoms with van der Waals surface area (Å²) in [5.41, 5.74) is 2.53. The van der Waals surface area contributed by atoms with E-state index in [1.165, 1.54) is 11.1 Å². The van der Waals surface area contributed by atoms with Gasteiger partial charge in [-0.25, -0.2) is 0 Å². The topological polar surface area (TPSA) is 9.23 Å². The molecule has 1 heterocycles. The second-order valence-corrected chi connectivity index (χ2v) is 3.10. The van der Waals surface area contributed by atoms with Crippen molar-refractivity contribution in [1.29, 1.82) is 0 Å². The number of hydrogen-bond donors (Lipinski definition) is 0. The normalized spacial score (nSPS) is 17.7. The molecule has 12 heavy (non-hydrogen) atoms. The van der Waals surface area contributed by atoms with Gasteiger partial charge in [0.2, 0.25) is 0 Å². The van der Waals surface area contributed by atoms with Gasteiger partial charge in [-0.2, -0.15) is 0 Å². The maximum atomic E-state index is 5.65. The monoisotopic (exact) mass is 160 g/mol. The molecule has 0 aliphatic carbocycles. The molecule has 62 valence electrons. The fourth-order valence-corrected chi connectivity index (χ4v) is 1.51. The smallest absolute Gasteiger partial charge is 0.133 e. The zero-order valence-electron chi connectivity index (χ0n) is 7.42. The molecule has 0 radical (unpaired) electrons. The number of ether oxygens (including phenoxy) is 1. The molecule has 0 aromatic heterocycles. The van der Waals surface area contributed by atoms with Gasteiger partial charge in [0, 0.05) is 12.0 Å². The molecule has 0 saturated heterocycles. The number of para-hydroxylation sites is 1. The lowest BCUT2D eigenvalue weighted by molar-refractivity contribution is 0.442. The van der Waals surface area contributed by atoms with Crippen LogP contribution >= 0.6 is 0 Å². The second kappa shape index (κ2) is 2.67. The minimum atomic E-state index is 0.952. The van der Waals surface area contributed by atoms with Crippen LogP contribution in [0.5, 0.6) is 5.75 Å². The van der Waals surface area contributed by atoms with E-state index in [0.717, 1.165) is 17.9 Å². The Hall–Kier alpha value is -1.24. The van der Waals surface area contributed by atoms with Gasteiger partial charge >= 0.3 is 0 Å². The molecule has 0 unspecified atom stereocenters. The van der Waals surface area contributed by atoms with Crippen molar-refractivity contribution in [3.63, 3.8) is 0 Å². The van der Waals surface area contributed by atoms with Gasteiger partial charge in [0.1, 0.15) is 11.5 Å². The van der Waals surface area contributed by atoms with Crippen LogP contribution in [-0.2, 0) is 6.42 Å². The number of allylic oxidation sites excluding steroid dienone is 2. The van der Waals surface area contributed by atoms with Crippen LogP contribution in [0.15, 0.2) is 30.0 Å². The van der Waals surface area contributed by atoms with Crippen LogP contribution in [-0.4, -0.2) is 0 Å². The molecule has 1 aliphatic heterocycles. The Morgan fingerprint density at radius 3 is 2.92 bits per heavy atom. The summed E-state index contributed by atoms with van der Waals surface area (Å²) < 4.78 is 5.65. The third-order valence-electron chi connectivity index (χ3n) is 2.21. The predicted molar refractivity (Wildman–Crippen MR) is 49.3 cm³/mol. The number of fused-ring (bicyclic) bond motifs is 1. The lowest BCUT2D eigenvalue weighted by Crippen LogP contribution is -1.86. The van der Waals surface area contributed by atoms with Crippen molar-refractivity contribution in [2.75, 3.05) is 0 Å². The first-order chi connectivity index (χ1) is 5.81. The minimum Gasteiger partial charge on any atom is -0.461 e. The van der Waals surface area contributed by atoms with Crippen molar-refractivity contribution in [2.45, 2.75) is 20.3 Å². The van der Waals surface area contributed by atoms with Gasteiger partial charge in [-0.05, 0) is 25.5 Å². The van der Waals surface area contributed by atoms with E-state index in [0.29, 0.717) is 0 Å². The van der Waals surface area contributed by atoms with Gasteiger partial charge in [0.25, 0.3) is 0 Å². The minimum absolute atomic E-state index is 0.952. The third kappa shape index (κ3) is 1.02. The Kier molecular flexibility index (Phi) is 1.65. The zero-order valence-corrected chi connectivity index (χ0v) is 7.42. The highest BCUT2D eigenvalue weighted by molar-refractivity contribution is 5.47. The average molecular weight is 160 g/mol. The predicted octanol–water partition coefficient (Wildman–Crippen LogP) is 2.83. The molecule has 0 fully saturated rings. The van der Waals surface area contributed by atoms with Crippen molar-refractivity contribution < 1.29 is 4.74 Å². The first kappa shape index (κ1) is 7.41. The quantitative estimate of drug-likeness (QED) is 0.567. The van der Waals surface area contributed by atoms with E-state index in [2.05, 4.69) is 25.1 Å². The Bertz CT molecular complexity index is 337. The van der Waals surface area contributed by atoms with Gasteiger partial charge in [0.05, 0.1) is 0 Å². The van der Waals surface area contributed by atoms with E-state index in [9.17, 15) is 0 Å². The van der Waals surface area contributed by atoms with E-state index in [4.69, 9.17) is 4.74 Å². The van der Waals surface area contributed by atoms with Crippen LogP contribution in [0.4, 0.5) is 0 Å². The summed E-state index contributed by atoms with van der Waals surface area (Å²) in [5, 5.41) is 0. The fourth-order valence-electron chi connectivity index (χ4n) is 1.51. The molecule has 1 heteroatoms. The SMILES string of the molecule is C/C=C1/Cc2cccc(C)c2O1. The lowest BCUT2D eigenvalue weighted by atomic mass is 10.1. The van der Waals surface area contributed by atoms with Crippen molar-refractivity contribution in [3.8, 4) is 5.75 Å². The van der Waals surface area contributed by atoms with E-state index < -0.39 is 0 Å². The number of aryl methyl sites for hydroxylation is 1. The van der Waals surface area contributed by atoms with Crippen LogP contribution in [0.1, 0.15) is 18.1 Å². The maximum absolute atomic E-state index is 5.65. The van der Waals surface area contributed by atoms with Crippen molar-refractivity contribution in [3.05, 3.63) is 41.2 Å². The molecule has 0 bridgehead atoms. The number of hydrogen-bond acceptors (Lipinski definition) is 1. The number of benzene rings is 1. The van der Waals surface area contributed by atoms with Crippen LogP contribution in [0.25, 0.3) is 0 Å².